The van der Waals surface area contributed by atoms with Crippen molar-refractivity contribution in [1.29, 1.82) is 0 Å². The summed E-state index contributed by atoms with van der Waals surface area (Å²) in [4.78, 5) is 0. The maximum Gasteiger partial charge on any atom is 0.186 e. The summed E-state index contributed by atoms with van der Waals surface area (Å²) in [6, 6.07) is 7.70. The van der Waals surface area contributed by atoms with Gasteiger partial charge in [-0.3, -0.25) is 0 Å². The summed E-state index contributed by atoms with van der Waals surface area (Å²) in [5, 5.41) is 4.28. The molecule has 1 atom stereocenters. The zero-order chi connectivity index (χ0) is 11.5. The van der Waals surface area contributed by atoms with Crippen LogP contribution in [-0.2, 0) is 0 Å². The van der Waals surface area contributed by atoms with Gasteiger partial charge in [0.25, 0.3) is 0 Å². The van der Waals surface area contributed by atoms with E-state index < -0.39 is 0 Å². The van der Waals surface area contributed by atoms with Gasteiger partial charge in [-0.15, -0.1) is 0 Å². The molecule has 16 heavy (non-hydrogen) atoms. The third-order valence-corrected chi connectivity index (χ3v) is 3.41. The van der Waals surface area contributed by atoms with Crippen molar-refractivity contribution in [2.45, 2.75) is 13.0 Å². The SMILES string of the molecule is CC(Nc1nsnc1Cl)c1ccccc1Cl. The maximum absolute atomic E-state index is 6.09. The fourth-order valence-electron chi connectivity index (χ4n) is 1.37. The molecular formula is C10H9Cl2N3S. The summed E-state index contributed by atoms with van der Waals surface area (Å²) < 4.78 is 7.94. The van der Waals surface area contributed by atoms with Crippen LogP contribution in [0.2, 0.25) is 10.2 Å². The first kappa shape index (κ1) is 11.6. The minimum Gasteiger partial charge on any atom is -0.360 e. The van der Waals surface area contributed by atoms with E-state index in [1.165, 1.54) is 0 Å². The average Bonchev–Trinajstić information content (AvgIpc) is 2.65. The van der Waals surface area contributed by atoms with Gasteiger partial charge in [0.1, 0.15) is 0 Å². The van der Waals surface area contributed by atoms with Crippen molar-refractivity contribution in [3.05, 3.63) is 40.0 Å². The highest BCUT2D eigenvalue weighted by atomic mass is 35.5. The van der Waals surface area contributed by atoms with Crippen molar-refractivity contribution in [3.8, 4) is 0 Å². The summed E-state index contributed by atoms with van der Waals surface area (Å²) in [6.07, 6.45) is 0. The zero-order valence-corrected chi connectivity index (χ0v) is 10.8. The number of hydrogen-bond donors (Lipinski definition) is 1. The molecule has 1 N–H and O–H groups in total. The number of benzene rings is 1. The Morgan fingerprint density at radius 1 is 1.25 bits per heavy atom. The molecule has 1 unspecified atom stereocenters. The minimum atomic E-state index is 0.0371. The molecule has 1 heterocycles. The van der Waals surface area contributed by atoms with Crippen LogP contribution in [0.4, 0.5) is 5.82 Å². The third-order valence-electron chi connectivity index (χ3n) is 2.17. The van der Waals surface area contributed by atoms with Crippen LogP contribution < -0.4 is 5.32 Å². The van der Waals surface area contributed by atoms with Gasteiger partial charge in [-0.2, -0.15) is 8.75 Å². The van der Waals surface area contributed by atoms with Gasteiger partial charge in [0.05, 0.1) is 17.8 Å². The topological polar surface area (TPSA) is 37.8 Å². The van der Waals surface area contributed by atoms with Gasteiger partial charge >= 0.3 is 0 Å². The molecule has 0 amide bonds. The Morgan fingerprint density at radius 2 is 2.00 bits per heavy atom. The summed E-state index contributed by atoms with van der Waals surface area (Å²) >= 11 is 13.0. The Labute approximate surface area is 108 Å². The molecule has 0 aliphatic heterocycles. The predicted molar refractivity (Wildman–Crippen MR) is 68.4 cm³/mol. The number of nitrogens with zero attached hydrogens (tertiary/aromatic N) is 2. The molecule has 0 spiro atoms. The van der Waals surface area contributed by atoms with Gasteiger partial charge in [0.2, 0.25) is 0 Å². The van der Waals surface area contributed by atoms with E-state index in [1.807, 2.05) is 31.2 Å². The standard InChI is InChI=1S/C10H9Cl2N3S/c1-6(7-4-2-3-5-8(7)11)13-10-9(12)14-16-15-10/h2-6H,1H3,(H,13,15). The van der Waals surface area contributed by atoms with Crippen LogP contribution in [0, 0.1) is 0 Å². The molecule has 0 saturated heterocycles. The Balaban J connectivity index is 2.18. The van der Waals surface area contributed by atoms with E-state index in [0.717, 1.165) is 22.3 Å². The lowest BCUT2D eigenvalue weighted by Crippen LogP contribution is -2.07. The smallest absolute Gasteiger partial charge is 0.186 e. The van der Waals surface area contributed by atoms with Crippen LogP contribution in [-0.4, -0.2) is 8.75 Å². The Kier molecular flexibility index (Phi) is 3.63. The van der Waals surface area contributed by atoms with Crippen molar-refractivity contribution < 1.29 is 0 Å². The van der Waals surface area contributed by atoms with Gasteiger partial charge in [-0.1, -0.05) is 41.4 Å². The highest BCUT2D eigenvalue weighted by Gasteiger charge is 2.12. The van der Waals surface area contributed by atoms with E-state index in [2.05, 4.69) is 14.1 Å². The van der Waals surface area contributed by atoms with Gasteiger partial charge in [0.15, 0.2) is 11.0 Å². The molecule has 2 aromatic rings. The van der Waals surface area contributed by atoms with Crippen LogP contribution in [0.3, 0.4) is 0 Å². The van der Waals surface area contributed by atoms with Crippen LogP contribution in [0.5, 0.6) is 0 Å². The lowest BCUT2D eigenvalue weighted by molar-refractivity contribution is 0.879. The fraction of sp³-hybridized carbons (Fsp3) is 0.200. The predicted octanol–water partition coefficient (Wildman–Crippen LogP) is 4.02. The summed E-state index contributed by atoms with van der Waals surface area (Å²) in [5.41, 5.74) is 1.01. The Hall–Kier alpha value is -0.840. The Morgan fingerprint density at radius 3 is 2.62 bits per heavy atom. The minimum absolute atomic E-state index is 0.0371. The molecule has 0 radical (unpaired) electrons. The van der Waals surface area contributed by atoms with Crippen molar-refractivity contribution >= 4 is 40.7 Å². The molecule has 2 rings (SSSR count). The first-order valence-corrected chi connectivity index (χ1v) is 6.16. The van der Waals surface area contributed by atoms with E-state index in [1.54, 1.807) is 0 Å². The number of aromatic nitrogens is 2. The highest BCUT2D eigenvalue weighted by molar-refractivity contribution is 6.99. The average molecular weight is 274 g/mol. The molecule has 0 bridgehead atoms. The highest BCUT2D eigenvalue weighted by Crippen LogP contribution is 2.27. The molecular weight excluding hydrogens is 265 g/mol. The number of hydrogen-bond acceptors (Lipinski definition) is 4. The first-order valence-electron chi connectivity index (χ1n) is 4.67. The van der Waals surface area contributed by atoms with E-state index in [0.29, 0.717) is 11.0 Å². The van der Waals surface area contributed by atoms with Gasteiger partial charge in [-0.05, 0) is 18.6 Å². The summed E-state index contributed by atoms with van der Waals surface area (Å²) in [5.74, 6) is 0.596. The molecule has 84 valence electrons. The first-order chi connectivity index (χ1) is 7.68. The number of halogens is 2. The molecule has 0 saturated carbocycles. The largest absolute Gasteiger partial charge is 0.360 e. The second kappa shape index (κ2) is 4.99. The molecule has 3 nitrogen and oxygen atoms in total. The second-order valence-electron chi connectivity index (χ2n) is 3.29. The lowest BCUT2D eigenvalue weighted by Gasteiger charge is -2.14. The monoisotopic (exact) mass is 273 g/mol. The zero-order valence-electron chi connectivity index (χ0n) is 8.45. The van der Waals surface area contributed by atoms with Crippen molar-refractivity contribution in [3.63, 3.8) is 0 Å². The fourth-order valence-corrected chi connectivity index (χ4v) is 2.33. The van der Waals surface area contributed by atoms with E-state index in [-0.39, 0.29) is 6.04 Å². The normalized spacial score (nSPS) is 12.4. The number of rotatable bonds is 3. The molecule has 0 aliphatic carbocycles. The quantitative estimate of drug-likeness (QED) is 0.918. The summed E-state index contributed by atoms with van der Waals surface area (Å²) in [6.45, 7) is 2.00. The van der Waals surface area contributed by atoms with Crippen LogP contribution in [0.1, 0.15) is 18.5 Å². The molecule has 1 aromatic carbocycles. The molecule has 0 aliphatic rings. The Bertz CT molecular complexity index is 486. The van der Waals surface area contributed by atoms with Crippen LogP contribution in [0.15, 0.2) is 24.3 Å². The maximum atomic E-state index is 6.09. The van der Waals surface area contributed by atoms with Gasteiger partial charge in [-0.25, -0.2) is 0 Å². The van der Waals surface area contributed by atoms with Crippen molar-refractivity contribution in [2.75, 3.05) is 5.32 Å². The van der Waals surface area contributed by atoms with E-state index >= 15 is 0 Å². The van der Waals surface area contributed by atoms with Crippen molar-refractivity contribution in [2.24, 2.45) is 0 Å². The molecule has 0 fully saturated rings. The van der Waals surface area contributed by atoms with Gasteiger partial charge in [0, 0.05) is 5.02 Å². The lowest BCUT2D eigenvalue weighted by atomic mass is 10.1. The number of nitrogens with one attached hydrogen (secondary N) is 1. The van der Waals surface area contributed by atoms with Crippen LogP contribution in [0.25, 0.3) is 0 Å². The third kappa shape index (κ3) is 2.45. The summed E-state index contributed by atoms with van der Waals surface area (Å²) in [7, 11) is 0. The molecule has 6 heteroatoms. The number of anilines is 1. The van der Waals surface area contributed by atoms with E-state index in [9.17, 15) is 0 Å². The second-order valence-corrected chi connectivity index (χ2v) is 4.58. The van der Waals surface area contributed by atoms with Gasteiger partial charge < -0.3 is 5.32 Å². The van der Waals surface area contributed by atoms with E-state index in [4.69, 9.17) is 23.2 Å². The molecule has 1 aromatic heterocycles. The van der Waals surface area contributed by atoms with Crippen molar-refractivity contribution in [1.82, 2.24) is 8.75 Å². The van der Waals surface area contributed by atoms with Crippen LogP contribution >= 0.6 is 34.9 Å².